The number of rotatable bonds is 5. The summed E-state index contributed by atoms with van der Waals surface area (Å²) in [6.07, 6.45) is 0. The highest BCUT2D eigenvalue weighted by Gasteiger charge is 2.29. The fourth-order valence-electron chi connectivity index (χ4n) is 1.48. The topological polar surface area (TPSA) is 75.4 Å². The Balaban J connectivity index is 2.04. The van der Waals surface area contributed by atoms with Gasteiger partial charge in [0.2, 0.25) is 5.76 Å². The molecule has 0 aliphatic heterocycles. The lowest BCUT2D eigenvalue weighted by Gasteiger charge is -2.12. The third kappa shape index (κ3) is 3.39. The normalized spacial score (nSPS) is 11.3. The number of hydrogen-bond donors (Lipinski definition) is 2. The maximum absolute atomic E-state index is 12.8. The maximum atomic E-state index is 12.8. The van der Waals surface area contributed by atoms with E-state index in [1.807, 2.05) is 11.4 Å². The van der Waals surface area contributed by atoms with E-state index >= 15 is 0 Å². The van der Waals surface area contributed by atoms with E-state index in [1.165, 1.54) is 6.07 Å². The van der Waals surface area contributed by atoms with Gasteiger partial charge in [-0.25, -0.2) is 8.78 Å². The molecule has 5 nitrogen and oxygen atoms in total. The van der Waals surface area contributed by atoms with Crippen LogP contribution in [0.25, 0.3) is 11.3 Å². The van der Waals surface area contributed by atoms with E-state index in [1.54, 1.807) is 24.3 Å². The van der Waals surface area contributed by atoms with Gasteiger partial charge in [0.25, 0.3) is 11.8 Å². The number of carbonyl (C=O) groups excluding carboxylic acids is 1. The van der Waals surface area contributed by atoms with Crippen LogP contribution in [0.5, 0.6) is 0 Å². The van der Waals surface area contributed by atoms with E-state index in [4.69, 9.17) is 9.63 Å². The number of benzene rings is 1. The number of alkyl halides is 2. The second-order valence-corrected chi connectivity index (χ2v) is 4.14. The quantitative estimate of drug-likeness (QED) is 0.875. The standard InChI is InChI=1S/C13H12F2N2O3/c14-13(15,8-18)7-16-12(19)11-6-10(17-20-11)9-4-2-1-3-5-9/h1-6,18H,7-8H2,(H,16,19). The molecule has 0 atom stereocenters. The first-order chi connectivity index (χ1) is 9.52. The summed E-state index contributed by atoms with van der Waals surface area (Å²) in [7, 11) is 0. The molecule has 0 spiro atoms. The molecule has 2 aromatic rings. The largest absolute Gasteiger partial charge is 0.390 e. The molecule has 0 aliphatic carbocycles. The van der Waals surface area contributed by atoms with Gasteiger partial charge < -0.3 is 14.9 Å². The van der Waals surface area contributed by atoms with Crippen LogP contribution in [0.3, 0.4) is 0 Å². The highest BCUT2D eigenvalue weighted by atomic mass is 19.3. The molecule has 1 aromatic carbocycles. The molecule has 0 bridgehead atoms. The summed E-state index contributed by atoms with van der Waals surface area (Å²) >= 11 is 0. The molecule has 2 N–H and O–H groups in total. The summed E-state index contributed by atoms with van der Waals surface area (Å²) in [6.45, 7) is -2.30. The summed E-state index contributed by atoms with van der Waals surface area (Å²) in [6, 6.07) is 10.3. The van der Waals surface area contributed by atoms with Crippen molar-refractivity contribution in [3.8, 4) is 11.3 Å². The molecule has 0 saturated heterocycles. The number of amides is 1. The Morgan fingerprint density at radius 1 is 1.35 bits per heavy atom. The van der Waals surface area contributed by atoms with Gasteiger partial charge in [-0.05, 0) is 0 Å². The first-order valence-electron chi connectivity index (χ1n) is 5.81. The SMILES string of the molecule is O=C(NCC(F)(F)CO)c1cc(-c2ccccc2)no1. The maximum Gasteiger partial charge on any atom is 0.290 e. The minimum Gasteiger partial charge on any atom is -0.390 e. The molecule has 1 amide bonds. The first kappa shape index (κ1) is 14.1. The Kier molecular flexibility index (Phi) is 4.09. The third-order valence-corrected chi connectivity index (χ3v) is 2.54. The lowest BCUT2D eigenvalue weighted by molar-refractivity contribution is -0.0463. The van der Waals surface area contributed by atoms with Crippen molar-refractivity contribution in [1.82, 2.24) is 10.5 Å². The fourth-order valence-corrected chi connectivity index (χ4v) is 1.48. The second-order valence-electron chi connectivity index (χ2n) is 4.14. The van der Waals surface area contributed by atoms with Gasteiger partial charge in [-0.3, -0.25) is 4.79 Å². The van der Waals surface area contributed by atoms with Crippen molar-refractivity contribution < 1.29 is 23.2 Å². The number of aliphatic hydroxyl groups excluding tert-OH is 1. The number of nitrogens with one attached hydrogen (secondary N) is 1. The minimum absolute atomic E-state index is 0.169. The van der Waals surface area contributed by atoms with E-state index in [9.17, 15) is 13.6 Å². The number of aliphatic hydroxyl groups is 1. The number of hydrogen-bond acceptors (Lipinski definition) is 4. The Morgan fingerprint density at radius 2 is 2.05 bits per heavy atom. The molecule has 1 aromatic heterocycles. The first-order valence-corrected chi connectivity index (χ1v) is 5.81. The van der Waals surface area contributed by atoms with E-state index < -0.39 is 25.0 Å². The number of halogens is 2. The summed E-state index contributed by atoms with van der Waals surface area (Å²) in [5.74, 6) is -4.34. The Labute approximate surface area is 113 Å². The van der Waals surface area contributed by atoms with Gasteiger partial charge in [-0.15, -0.1) is 0 Å². The molecule has 0 unspecified atom stereocenters. The number of nitrogens with zero attached hydrogens (tertiary/aromatic N) is 1. The highest BCUT2D eigenvalue weighted by molar-refractivity contribution is 5.92. The van der Waals surface area contributed by atoms with Gasteiger partial charge in [0.15, 0.2) is 0 Å². The molecule has 0 aliphatic rings. The van der Waals surface area contributed by atoms with Crippen LogP contribution in [0, 0.1) is 0 Å². The third-order valence-electron chi connectivity index (χ3n) is 2.54. The summed E-state index contributed by atoms with van der Waals surface area (Å²) in [5.41, 5.74) is 1.18. The molecule has 0 fully saturated rings. The Bertz CT molecular complexity index is 584. The highest BCUT2D eigenvalue weighted by Crippen LogP contribution is 2.18. The van der Waals surface area contributed by atoms with Crippen LogP contribution in [0.4, 0.5) is 8.78 Å². The van der Waals surface area contributed by atoms with E-state index in [0.717, 1.165) is 5.56 Å². The molecule has 20 heavy (non-hydrogen) atoms. The van der Waals surface area contributed by atoms with Crippen molar-refractivity contribution in [1.29, 1.82) is 0 Å². The van der Waals surface area contributed by atoms with Crippen LogP contribution < -0.4 is 5.32 Å². The van der Waals surface area contributed by atoms with Crippen LogP contribution in [0.1, 0.15) is 10.6 Å². The van der Waals surface area contributed by atoms with Crippen molar-refractivity contribution in [2.45, 2.75) is 5.92 Å². The molecule has 106 valence electrons. The van der Waals surface area contributed by atoms with E-state index in [-0.39, 0.29) is 5.76 Å². The van der Waals surface area contributed by atoms with Gasteiger partial charge in [-0.2, -0.15) is 0 Å². The molecule has 0 radical (unpaired) electrons. The van der Waals surface area contributed by atoms with E-state index in [0.29, 0.717) is 5.69 Å². The summed E-state index contributed by atoms with van der Waals surface area (Å²) in [5, 5.41) is 14.1. The van der Waals surface area contributed by atoms with Crippen LogP contribution in [-0.4, -0.2) is 35.2 Å². The fraction of sp³-hybridized carbons (Fsp3) is 0.231. The zero-order chi connectivity index (χ0) is 14.6. The van der Waals surface area contributed by atoms with Crippen molar-refractivity contribution in [3.63, 3.8) is 0 Å². The minimum atomic E-state index is -3.36. The van der Waals surface area contributed by atoms with Crippen LogP contribution in [0.15, 0.2) is 40.9 Å². The Morgan fingerprint density at radius 3 is 2.70 bits per heavy atom. The van der Waals surface area contributed by atoms with Crippen LogP contribution in [-0.2, 0) is 0 Å². The number of aromatic nitrogens is 1. The summed E-state index contributed by atoms with van der Waals surface area (Å²) < 4.78 is 30.4. The average molecular weight is 282 g/mol. The van der Waals surface area contributed by atoms with Gasteiger partial charge >= 0.3 is 0 Å². The van der Waals surface area contributed by atoms with E-state index in [2.05, 4.69) is 5.16 Å². The smallest absolute Gasteiger partial charge is 0.290 e. The molecular weight excluding hydrogens is 270 g/mol. The van der Waals surface area contributed by atoms with Crippen LogP contribution >= 0.6 is 0 Å². The predicted octanol–water partition coefficient (Wildman–Crippen LogP) is 1.70. The van der Waals surface area contributed by atoms with Crippen molar-refractivity contribution in [3.05, 3.63) is 42.2 Å². The van der Waals surface area contributed by atoms with Crippen molar-refractivity contribution >= 4 is 5.91 Å². The summed E-state index contributed by atoms with van der Waals surface area (Å²) in [4.78, 5) is 11.6. The van der Waals surface area contributed by atoms with Gasteiger partial charge in [0, 0.05) is 11.6 Å². The van der Waals surface area contributed by atoms with Gasteiger partial charge in [0.1, 0.15) is 12.3 Å². The molecular formula is C13H12F2N2O3. The van der Waals surface area contributed by atoms with Gasteiger partial charge in [0.05, 0.1) is 6.54 Å². The zero-order valence-electron chi connectivity index (χ0n) is 10.3. The predicted molar refractivity (Wildman–Crippen MR) is 66.3 cm³/mol. The average Bonchev–Trinajstić information content (AvgIpc) is 2.96. The molecule has 1 heterocycles. The monoisotopic (exact) mass is 282 g/mol. The number of carbonyl (C=O) groups is 1. The van der Waals surface area contributed by atoms with Crippen molar-refractivity contribution in [2.75, 3.05) is 13.2 Å². The van der Waals surface area contributed by atoms with Crippen LogP contribution in [0.2, 0.25) is 0 Å². The lowest BCUT2D eigenvalue weighted by Crippen LogP contribution is -2.38. The van der Waals surface area contributed by atoms with Gasteiger partial charge in [-0.1, -0.05) is 35.5 Å². The Hall–Kier alpha value is -2.28. The zero-order valence-corrected chi connectivity index (χ0v) is 10.3. The molecule has 0 saturated carbocycles. The lowest BCUT2D eigenvalue weighted by atomic mass is 10.1. The second kappa shape index (κ2) is 5.79. The molecule has 7 heteroatoms. The molecule has 2 rings (SSSR count). The van der Waals surface area contributed by atoms with Crippen molar-refractivity contribution in [2.24, 2.45) is 0 Å².